The van der Waals surface area contributed by atoms with Crippen molar-refractivity contribution in [1.82, 2.24) is 4.90 Å². The summed E-state index contributed by atoms with van der Waals surface area (Å²) in [5, 5.41) is 20.1. The van der Waals surface area contributed by atoms with Crippen LogP contribution in [-0.2, 0) is 0 Å². The molecule has 1 aliphatic heterocycles. The van der Waals surface area contributed by atoms with Crippen molar-refractivity contribution in [2.75, 3.05) is 26.3 Å². The Balaban J connectivity index is 1.76. The van der Waals surface area contributed by atoms with Crippen molar-refractivity contribution in [2.24, 2.45) is 0 Å². The average Bonchev–Trinajstić information content (AvgIpc) is 2.47. The lowest BCUT2D eigenvalue weighted by Crippen LogP contribution is -2.46. The predicted molar refractivity (Wildman–Crippen MR) is 79.3 cm³/mol. The second kappa shape index (κ2) is 7.84. The maximum atomic E-state index is 10.1. The van der Waals surface area contributed by atoms with Gasteiger partial charge in [-0.2, -0.15) is 0 Å². The second-order valence-electron chi connectivity index (χ2n) is 5.25. The fourth-order valence-corrected chi connectivity index (χ4v) is 2.68. The number of halogens is 1. The maximum absolute atomic E-state index is 10.1. The minimum atomic E-state index is -0.558. The van der Waals surface area contributed by atoms with Crippen LogP contribution in [0, 0.1) is 0 Å². The number of aliphatic hydroxyl groups excluding tert-OH is 2. The first-order chi connectivity index (χ1) is 9.69. The van der Waals surface area contributed by atoms with Crippen molar-refractivity contribution < 1.29 is 14.9 Å². The zero-order chi connectivity index (χ0) is 14.4. The van der Waals surface area contributed by atoms with Gasteiger partial charge in [0, 0.05) is 17.6 Å². The van der Waals surface area contributed by atoms with E-state index in [0.717, 1.165) is 25.8 Å². The van der Waals surface area contributed by atoms with Crippen LogP contribution in [-0.4, -0.2) is 53.6 Å². The van der Waals surface area contributed by atoms with Gasteiger partial charge in [0.2, 0.25) is 0 Å². The summed E-state index contributed by atoms with van der Waals surface area (Å²) in [7, 11) is 0. The summed E-state index contributed by atoms with van der Waals surface area (Å²) in [5.74, 6) is 0.700. The number of benzene rings is 1. The molecule has 1 heterocycles. The monoisotopic (exact) mass is 299 g/mol. The van der Waals surface area contributed by atoms with Gasteiger partial charge in [-0.05, 0) is 43.7 Å². The van der Waals surface area contributed by atoms with Crippen LogP contribution in [0.1, 0.15) is 19.3 Å². The normalized spacial score (nSPS) is 21.6. The van der Waals surface area contributed by atoms with Crippen molar-refractivity contribution in [2.45, 2.75) is 31.4 Å². The number of β-amino-alcohol motifs (C(OH)–C–C–N with tert-alkyl or cyclic N) is 1. The SMILES string of the molecule is OC[C@@H]1CCCCN1C[C@H](O)COc1ccc(Cl)cc1. The Morgan fingerprint density at radius 1 is 1.30 bits per heavy atom. The van der Waals surface area contributed by atoms with E-state index in [1.165, 1.54) is 0 Å². The van der Waals surface area contributed by atoms with Crippen LogP contribution in [0.15, 0.2) is 24.3 Å². The molecule has 0 bridgehead atoms. The zero-order valence-electron chi connectivity index (χ0n) is 11.5. The van der Waals surface area contributed by atoms with Crippen molar-refractivity contribution in [1.29, 1.82) is 0 Å². The van der Waals surface area contributed by atoms with Crippen LogP contribution < -0.4 is 4.74 Å². The third kappa shape index (κ3) is 4.63. The van der Waals surface area contributed by atoms with Crippen LogP contribution in [0.25, 0.3) is 0 Å². The lowest BCUT2D eigenvalue weighted by molar-refractivity contribution is 0.0232. The number of rotatable bonds is 6. The maximum Gasteiger partial charge on any atom is 0.119 e. The Hall–Kier alpha value is -0.810. The first kappa shape index (κ1) is 15.6. The van der Waals surface area contributed by atoms with E-state index in [0.29, 0.717) is 17.3 Å². The molecule has 112 valence electrons. The smallest absolute Gasteiger partial charge is 0.119 e. The van der Waals surface area contributed by atoms with Gasteiger partial charge in [-0.3, -0.25) is 4.90 Å². The number of piperidine rings is 1. The molecular weight excluding hydrogens is 278 g/mol. The van der Waals surface area contributed by atoms with Crippen LogP contribution in [0.3, 0.4) is 0 Å². The molecule has 0 amide bonds. The Morgan fingerprint density at radius 2 is 2.05 bits per heavy atom. The molecule has 0 radical (unpaired) electrons. The molecule has 5 heteroatoms. The topological polar surface area (TPSA) is 52.9 Å². The summed E-state index contributed by atoms with van der Waals surface area (Å²) in [6.07, 6.45) is 2.72. The van der Waals surface area contributed by atoms with E-state index in [2.05, 4.69) is 4.90 Å². The minimum absolute atomic E-state index is 0.158. The lowest BCUT2D eigenvalue weighted by atomic mass is 10.0. The van der Waals surface area contributed by atoms with Gasteiger partial charge < -0.3 is 14.9 Å². The van der Waals surface area contributed by atoms with E-state index in [-0.39, 0.29) is 19.3 Å². The number of aliphatic hydroxyl groups is 2. The fraction of sp³-hybridized carbons (Fsp3) is 0.600. The Bertz CT molecular complexity index is 399. The lowest BCUT2D eigenvalue weighted by Gasteiger charge is -2.35. The largest absolute Gasteiger partial charge is 0.491 e. The molecule has 0 aliphatic carbocycles. The van der Waals surface area contributed by atoms with Gasteiger partial charge in [0.1, 0.15) is 18.5 Å². The molecule has 2 atom stereocenters. The molecule has 0 saturated carbocycles. The van der Waals surface area contributed by atoms with Gasteiger partial charge >= 0.3 is 0 Å². The number of ether oxygens (including phenoxy) is 1. The van der Waals surface area contributed by atoms with E-state index in [1.807, 2.05) is 0 Å². The number of hydrogen-bond acceptors (Lipinski definition) is 4. The summed E-state index contributed by atoms with van der Waals surface area (Å²) < 4.78 is 5.54. The molecule has 20 heavy (non-hydrogen) atoms. The number of nitrogens with zero attached hydrogens (tertiary/aromatic N) is 1. The van der Waals surface area contributed by atoms with Crippen molar-refractivity contribution >= 4 is 11.6 Å². The molecule has 4 nitrogen and oxygen atoms in total. The third-order valence-electron chi connectivity index (χ3n) is 3.66. The zero-order valence-corrected chi connectivity index (χ0v) is 12.3. The highest BCUT2D eigenvalue weighted by Gasteiger charge is 2.23. The van der Waals surface area contributed by atoms with Gasteiger partial charge in [-0.1, -0.05) is 18.0 Å². The highest BCUT2D eigenvalue weighted by atomic mass is 35.5. The van der Waals surface area contributed by atoms with E-state index in [1.54, 1.807) is 24.3 Å². The average molecular weight is 300 g/mol. The van der Waals surface area contributed by atoms with Crippen molar-refractivity contribution in [3.8, 4) is 5.75 Å². The number of hydrogen-bond donors (Lipinski definition) is 2. The highest BCUT2D eigenvalue weighted by molar-refractivity contribution is 6.30. The molecule has 1 fully saturated rings. The number of likely N-dealkylation sites (tertiary alicyclic amines) is 1. The van der Waals surface area contributed by atoms with E-state index in [4.69, 9.17) is 16.3 Å². The molecule has 1 aromatic carbocycles. The quantitative estimate of drug-likeness (QED) is 0.843. The van der Waals surface area contributed by atoms with E-state index in [9.17, 15) is 10.2 Å². The molecule has 0 aromatic heterocycles. The molecule has 1 aliphatic rings. The molecular formula is C15H22ClNO3. The van der Waals surface area contributed by atoms with Crippen molar-refractivity contribution in [3.05, 3.63) is 29.3 Å². The molecule has 2 N–H and O–H groups in total. The van der Waals surface area contributed by atoms with Crippen LogP contribution in [0.5, 0.6) is 5.75 Å². The Morgan fingerprint density at radius 3 is 2.75 bits per heavy atom. The van der Waals surface area contributed by atoms with E-state index < -0.39 is 6.10 Å². The van der Waals surface area contributed by atoms with Gasteiger partial charge in [0.15, 0.2) is 0 Å². The minimum Gasteiger partial charge on any atom is -0.491 e. The first-order valence-electron chi connectivity index (χ1n) is 7.10. The van der Waals surface area contributed by atoms with E-state index >= 15 is 0 Å². The summed E-state index contributed by atoms with van der Waals surface area (Å²) in [4.78, 5) is 2.15. The van der Waals surface area contributed by atoms with Gasteiger partial charge in [0.05, 0.1) is 6.61 Å². The molecule has 2 rings (SSSR count). The van der Waals surface area contributed by atoms with Crippen LogP contribution >= 0.6 is 11.6 Å². The third-order valence-corrected chi connectivity index (χ3v) is 3.91. The summed E-state index contributed by atoms with van der Waals surface area (Å²) in [6, 6.07) is 7.26. The fourth-order valence-electron chi connectivity index (χ4n) is 2.55. The Labute approximate surface area is 124 Å². The standard InChI is InChI=1S/C15H22ClNO3/c16-12-4-6-15(7-5-12)20-11-14(19)9-17-8-2-1-3-13(17)10-18/h4-7,13-14,18-19H,1-3,8-11H2/t13-,14-/m0/s1. The van der Waals surface area contributed by atoms with Gasteiger partial charge in [0.25, 0.3) is 0 Å². The first-order valence-corrected chi connectivity index (χ1v) is 7.48. The molecule has 0 spiro atoms. The molecule has 1 aromatic rings. The summed E-state index contributed by atoms with van der Waals surface area (Å²) in [5.41, 5.74) is 0. The summed E-state index contributed by atoms with van der Waals surface area (Å²) in [6.45, 7) is 1.88. The van der Waals surface area contributed by atoms with Crippen LogP contribution in [0.2, 0.25) is 5.02 Å². The predicted octanol–water partition coefficient (Wildman–Crippen LogP) is 1.93. The van der Waals surface area contributed by atoms with Crippen LogP contribution in [0.4, 0.5) is 0 Å². The van der Waals surface area contributed by atoms with Gasteiger partial charge in [-0.15, -0.1) is 0 Å². The highest BCUT2D eigenvalue weighted by Crippen LogP contribution is 2.18. The second-order valence-corrected chi connectivity index (χ2v) is 5.68. The van der Waals surface area contributed by atoms with Crippen molar-refractivity contribution in [3.63, 3.8) is 0 Å². The molecule has 0 unspecified atom stereocenters. The summed E-state index contributed by atoms with van der Waals surface area (Å²) >= 11 is 5.80. The Kier molecular flexibility index (Phi) is 6.10. The van der Waals surface area contributed by atoms with Gasteiger partial charge in [-0.25, -0.2) is 0 Å². The molecule has 1 saturated heterocycles.